The lowest BCUT2D eigenvalue weighted by Gasteiger charge is -2.26. The Morgan fingerprint density at radius 2 is 2.13 bits per heavy atom. The molecule has 0 aromatic carbocycles. The van der Waals surface area contributed by atoms with Crippen LogP contribution in [0.4, 0.5) is 4.79 Å². The van der Waals surface area contributed by atoms with Gasteiger partial charge in [-0.1, -0.05) is 17.8 Å². The van der Waals surface area contributed by atoms with E-state index in [4.69, 9.17) is 10.1 Å². The van der Waals surface area contributed by atoms with E-state index in [0.717, 1.165) is 0 Å². The number of amidine groups is 1. The van der Waals surface area contributed by atoms with Gasteiger partial charge in [-0.05, 0) is 27.0 Å². The van der Waals surface area contributed by atoms with Crippen LogP contribution in [0.15, 0.2) is 12.7 Å². The first-order chi connectivity index (χ1) is 6.81. The number of hydrogen-bond donors (Lipinski definition) is 1. The van der Waals surface area contributed by atoms with E-state index in [0.29, 0.717) is 0 Å². The molecule has 0 radical (unpaired) electrons. The second kappa shape index (κ2) is 5.80. The molecule has 0 spiro atoms. The Hall–Kier alpha value is -0.970. The fourth-order valence-corrected chi connectivity index (χ4v) is 1.17. The van der Waals surface area contributed by atoms with Gasteiger partial charge in [0.2, 0.25) is 0 Å². The quantitative estimate of drug-likeness (QED) is 0.451. The van der Waals surface area contributed by atoms with Gasteiger partial charge in [-0.3, -0.25) is 10.3 Å². The number of nitrogens with one attached hydrogen (secondary N) is 1. The molecular formula is C10H18N2O2S. The molecule has 0 aliphatic rings. The zero-order chi connectivity index (χ0) is 12.1. The SMILES string of the molecule is C=CCN(C(=N)SC)C(=O)OC(C)(C)C. The maximum Gasteiger partial charge on any atom is 0.416 e. The van der Waals surface area contributed by atoms with Gasteiger partial charge >= 0.3 is 6.09 Å². The second-order valence-corrected chi connectivity index (χ2v) is 4.68. The molecule has 0 bridgehead atoms. The monoisotopic (exact) mass is 230 g/mol. The molecule has 0 aromatic rings. The van der Waals surface area contributed by atoms with Crippen molar-refractivity contribution in [2.24, 2.45) is 0 Å². The fourth-order valence-electron chi connectivity index (χ4n) is 0.797. The molecule has 0 aromatic heterocycles. The molecule has 0 heterocycles. The van der Waals surface area contributed by atoms with Gasteiger partial charge < -0.3 is 4.74 Å². The van der Waals surface area contributed by atoms with Crippen molar-refractivity contribution < 1.29 is 9.53 Å². The van der Waals surface area contributed by atoms with E-state index < -0.39 is 11.7 Å². The lowest BCUT2D eigenvalue weighted by Crippen LogP contribution is -2.39. The number of thioether (sulfide) groups is 1. The van der Waals surface area contributed by atoms with Crippen LogP contribution in [0, 0.1) is 5.41 Å². The maximum atomic E-state index is 11.7. The van der Waals surface area contributed by atoms with Gasteiger partial charge in [0.15, 0.2) is 5.17 Å². The topological polar surface area (TPSA) is 53.4 Å². The molecule has 1 N–H and O–H groups in total. The highest BCUT2D eigenvalue weighted by molar-refractivity contribution is 8.13. The summed E-state index contributed by atoms with van der Waals surface area (Å²) in [4.78, 5) is 12.9. The number of rotatable bonds is 2. The van der Waals surface area contributed by atoms with Crippen LogP contribution in [-0.4, -0.2) is 34.6 Å². The van der Waals surface area contributed by atoms with Crippen molar-refractivity contribution >= 4 is 23.0 Å². The van der Waals surface area contributed by atoms with Crippen LogP contribution in [0.5, 0.6) is 0 Å². The van der Waals surface area contributed by atoms with Crippen molar-refractivity contribution in [3.8, 4) is 0 Å². The van der Waals surface area contributed by atoms with Gasteiger partial charge in [0.25, 0.3) is 0 Å². The van der Waals surface area contributed by atoms with Crippen molar-refractivity contribution in [2.45, 2.75) is 26.4 Å². The summed E-state index contributed by atoms with van der Waals surface area (Å²) < 4.78 is 5.16. The molecule has 0 saturated carbocycles. The van der Waals surface area contributed by atoms with E-state index >= 15 is 0 Å². The molecule has 0 unspecified atom stereocenters. The number of hydrogen-bond acceptors (Lipinski definition) is 4. The molecule has 5 heteroatoms. The Morgan fingerprint density at radius 1 is 1.60 bits per heavy atom. The van der Waals surface area contributed by atoms with Crippen LogP contribution in [0.2, 0.25) is 0 Å². The summed E-state index contributed by atoms with van der Waals surface area (Å²) in [5, 5.41) is 7.73. The van der Waals surface area contributed by atoms with Crippen LogP contribution in [0.1, 0.15) is 20.8 Å². The van der Waals surface area contributed by atoms with E-state index in [1.54, 1.807) is 33.1 Å². The van der Waals surface area contributed by atoms with Crippen LogP contribution in [0.25, 0.3) is 0 Å². The van der Waals surface area contributed by atoms with Crippen molar-refractivity contribution in [1.82, 2.24) is 4.90 Å². The Kier molecular flexibility index (Phi) is 5.43. The summed E-state index contributed by atoms with van der Waals surface area (Å²) in [5.41, 5.74) is -0.546. The molecule has 86 valence electrons. The van der Waals surface area contributed by atoms with E-state index in [-0.39, 0.29) is 11.7 Å². The second-order valence-electron chi connectivity index (χ2n) is 3.89. The maximum absolute atomic E-state index is 11.7. The van der Waals surface area contributed by atoms with Gasteiger partial charge in [0.1, 0.15) is 5.60 Å². The first-order valence-corrected chi connectivity index (χ1v) is 5.78. The molecule has 0 atom stereocenters. The highest BCUT2D eigenvalue weighted by atomic mass is 32.2. The van der Waals surface area contributed by atoms with Crippen molar-refractivity contribution in [1.29, 1.82) is 5.41 Å². The smallest absolute Gasteiger partial charge is 0.416 e. The normalized spacial score (nSPS) is 10.7. The molecule has 0 rings (SSSR count). The Labute approximate surface area is 95.2 Å². The van der Waals surface area contributed by atoms with Crippen LogP contribution < -0.4 is 0 Å². The van der Waals surface area contributed by atoms with Crippen LogP contribution in [0.3, 0.4) is 0 Å². The van der Waals surface area contributed by atoms with Crippen LogP contribution >= 0.6 is 11.8 Å². The lowest BCUT2D eigenvalue weighted by atomic mass is 10.2. The summed E-state index contributed by atoms with van der Waals surface area (Å²) in [6.07, 6.45) is 2.79. The van der Waals surface area contributed by atoms with E-state index in [9.17, 15) is 4.79 Å². The lowest BCUT2D eigenvalue weighted by molar-refractivity contribution is 0.0388. The number of carbonyl (C=O) groups excluding carboxylic acids is 1. The van der Waals surface area contributed by atoms with Crippen molar-refractivity contribution in [2.75, 3.05) is 12.8 Å². The van der Waals surface area contributed by atoms with E-state index in [1.807, 2.05) is 0 Å². The first-order valence-electron chi connectivity index (χ1n) is 4.55. The molecule has 15 heavy (non-hydrogen) atoms. The minimum atomic E-state index is -0.546. The predicted molar refractivity (Wildman–Crippen MR) is 64.4 cm³/mol. The average Bonchev–Trinajstić information content (AvgIpc) is 2.10. The Balaban J connectivity index is 4.56. The van der Waals surface area contributed by atoms with Crippen molar-refractivity contribution in [3.05, 3.63) is 12.7 Å². The molecule has 0 aliphatic carbocycles. The zero-order valence-corrected chi connectivity index (χ0v) is 10.5. The fraction of sp³-hybridized carbons (Fsp3) is 0.600. The first kappa shape index (κ1) is 14.0. The predicted octanol–water partition coefficient (Wildman–Crippen LogP) is 2.71. The third kappa shape index (κ3) is 5.47. The van der Waals surface area contributed by atoms with Crippen molar-refractivity contribution in [3.63, 3.8) is 0 Å². The highest BCUT2D eigenvalue weighted by Crippen LogP contribution is 2.12. The third-order valence-electron chi connectivity index (χ3n) is 1.36. The number of nitrogens with zero attached hydrogens (tertiary/aromatic N) is 1. The minimum Gasteiger partial charge on any atom is -0.443 e. The summed E-state index contributed by atoms with van der Waals surface area (Å²) in [5.74, 6) is 0. The van der Waals surface area contributed by atoms with E-state index in [2.05, 4.69) is 6.58 Å². The number of ether oxygens (including phenoxy) is 1. The van der Waals surface area contributed by atoms with Crippen LogP contribution in [-0.2, 0) is 4.74 Å². The molecule has 0 aliphatic heterocycles. The van der Waals surface area contributed by atoms with E-state index in [1.165, 1.54) is 16.7 Å². The molecular weight excluding hydrogens is 212 g/mol. The summed E-state index contributed by atoms with van der Waals surface area (Å²) in [7, 11) is 0. The number of carbonyl (C=O) groups is 1. The van der Waals surface area contributed by atoms with Gasteiger partial charge in [0, 0.05) is 6.54 Å². The molecule has 0 fully saturated rings. The summed E-state index contributed by atoms with van der Waals surface area (Å²) >= 11 is 1.19. The highest BCUT2D eigenvalue weighted by Gasteiger charge is 2.23. The summed E-state index contributed by atoms with van der Waals surface area (Å²) in [6, 6.07) is 0. The van der Waals surface area contributed by atoms with Gasteiger partial charge in [-0.25, -0.2) is 4.79 Å². The van der Waals surface area contributed by atoms with Gasteiger partial charge in [-0.2, -0.15) is 0 Å². The Bertz CT molecular complexity index is 259. The minimum absolute atomic E-state index is 0.157. The molecule has 1 amide bonds. The average molecular weight is 230 g/mol. The molecule has 0 saturated heterocycles. The third-order valence-corrected chi connectivity index (χ3v) is 1.97. The molecule has 4 nitrogen and oxygen atoms in total. The summed E-state index contributed by atoms with van der Waals surface area (Å²) in [6.45, 7) is 9.20. The largest absolute Gasteiger partial charge is 0.443 e. The van der Waals surface area contributed by atoms with Gasteiger partial charge in [0.05, 0.1) is 0 Å². The number of amides is 1. The zero-order valence-electron chi connectivity index (χ0n) is 9.66. The Morgan fingerprint density at radius 3 is 2.47 bits per heavy atom. The standard InChI is InChI=1S/C10H18N2O2S/c1-6-7-12(8(11)15-5)9(13)14-10(2,3)4/h6,11H,1,7H2,2-5H3. The van der Waals surface area contributed by atoms with Gasteiger partial charge in [-0.15, -0.1) is 6.58 Å².